The molecule has 92 valence electrons. The second kappa shape index (κ2) is 5.83. The number of nitro groups is 1. The number of carbonyl (C=O) groups is 1. The van der Waals surface area contributed by atoms with Gasteiger partial charge in [0.05, 0.1) is 19.4 Å². The van der Waals surface area contributed by atoms with Crippen LogP contribution in [0.5, 0.6) is 5.75 Å². The molecule has 6 heteroatoms. The summed E-state index contributed by atoms with van der Waals surface area (Å²) in [5, 5.41) is 19.2. The van der Waals surface area contributed by atoms with Crippen LogP contribution in [0.4, 0.5) is 0 Å². The first kappa shape index (κ1) is 13.0. The van der Waals surface area contributed by atoms with Gasteiger partial charge in [-0.2, -0.15) is 0 Å². The number of carboxylic acid groups (broad SMARTS) is 1. The Morgan fingerprint density at radius 2 is 2.29 bits per heavy atom. The van der Waals surface area contributed by atoms with Crippen LogP contribution < -0.4 is 4.74 Å². The zero-order valence-electron chi connectivity index (χ0n) is 9.33. The monoisotopic (exact) mass is 239 g/mol. The second-order valence-electron chi connectivity index (χ2n) is 3.59. The summed E-state index contributed by atoms with van der Waals surface area (Å²) in [7, 11) is 1.48. The molecule has 0 amide bonds. The number of rotatable bonds is 6. The van der Waals surface area contributed by atoms with E-state index < -0.39 is 23.4 Å². The van der Waals surface area contributed by atoms with Crippen molar-refractivity contribution in [2.75, 3.05) is 13.7 Å². The molecule has 1 atom stereocenters. The first-order valence-corrected chi connectivity index (χ1v) is 5.00. The fourth-order valence-corrected chi connectivity index (χ4v) is 1.57. The Bertz CT molecular complexity index is 402. The first-order valence-electron chi connectivity index (χ1n) is 5.00. The van der Waals surface area contributed by atoms with Crippen LogP contribution in [0.25, 0.3) is 0 Å². The van der Waals surface area contributed by atoms with Gasteiger partial charge >= 0.3 is 5.97 Å². The van der Waals surface area contributed by atoms with E-state index in [0.29, 0.717) is 11.3 Å². The summed E-state index contributed by atoms with van der Waals surface area (Å²) in [5.41, 5.74) is 0.600. The highest BCUT2D eigenvalue weighted by Gasteiger charge is 2.21. The van der Waals surface area contributed by atoms with Crippen molar-refractivity contribution >= 4 is 5.97 Å². The molecule has 6 nitrogen and oxygen atoms in total. The van der Waals surface area contributed by atoms with E-state index in [0.717, 1.165) is 0 Å². The molecule has 0 unspecified atom stereocenters. The van der Waals surface area contributed by atoms with Gasteiger partial charge in [-0.15, -0.1) is 0 Å². The maximum atomic E-state index is 10.7. The van der Waals surface area contributed by atoms with Crippen molar-refractivity contribution in [2.45, 2.75) is 12.3 Å². The van der Waals surface area contributed by atoms with Crippen molar-refractivity contribution in [3.8, 4) is 5.75 Å². The molecule has 17 heavy (non-hydrogen) atoms. The van der Waals surface area contributed by atoms with Crippen molar-refractivity contribution in [1.29, 1.82) is 0 Å². The Morgan fingerprint density at radius 3 is 2.82 bits per heavy atom. The second-order valence-corrected chi connectivity index (χ2v) is 3.59. The predicted octanol–water partition coefficient (Wildman–Crippen LogP) is 1.53. The third kappa shape index (κ3) is 4.10. The summed E-state index contributed by atoms with van der Waals surface area (Å²) < 4.78 is 5.00. The van der Waals surface area contributed by atoms with Gasteiger partial charge in [-0.1, -0.05) is 12.1 Å². The van der Waals surface area contributed by atoms with Gasteiger partial charge in [-0.25, -0.2) is 0 Å². The molecule has 0 aliphatic heterocycles. The lowest BCUT2D eigenvalue weighted by Gasteiger charge is -2.11. The highest BCUT2D eigenvalue weighted by Crippen LogP contribution is 2.23. The zero-order chi connectivity index (χ0) is 12.8. The van der Waals surface area contributed by atoms with Gasteiger partial charge in [0.15, 0.2) is 0 Å². The Hall–Kier alpha value is -2.11. The van der Waals surface area contributed by atoms with E-state index in [1.165, 1.54) is 7.11 Å². The molecule has 0 saturated carbocycles. The summed E-state index contributed by atoms with van der Waals surface area (Å²) >= 11 is 0. The summed E-state index contributed by atoms with van der Waals surface area (Å²) in [5.74, 6) is -1.14. The van der Waals surface area contributed by atoms with E-state index in [1.807, 2.05) is 0 Å². The zero-order valence-corrected chi connectivity index (χ0v) is 9.33. The fourth-order valence-electron chi connectivity index (χ4n) is 1.57. The van der Waals surface area contributed by atoms with Crippen LogP contribution in [0.1, 0.15) is 17.9 Å². The van der Waals surface area contributed by atoms with Crippen LogP contribution in [-0.4, -0.2) is 29.7 Å². The van der Waals surface area contributed by atoms with Gasteiger partial charge in [0, 0.05) is 4.92 Å². The van der Waals surface area contributed by atoms with Crippen molar-refractivity contribution in [1.82, 2.24) is 0 Å². The van der Waals surface area contributed by atoms with Crippen molar-refractivity contribution in [3.05, 3.63) is 39.9 Å². The van der Waals surface area contributed by atoms with Gasteiger partial charge in [-0.05, 0) is 17.7 Å². The Balaban J connectivity index is 2.94. The quantitative estimate of drug-likeness (QED) is 0.600. The lowest BCUT2D eigenvalue weighted by atomic mass is 9.95. The van der Waals surface area contributed by atoms with Crippen molar-refractivity contribution < 1.29 is 19.6 Å². The number of carboxylic acids is 1. The van der Waals surface area contributed by atoms with Crippen LogP contribution in [-0.2, 0) is 4.79 Å². The minimum absolute atomic E-state index is 0.270. The molecule has 0 aromatic heterocycles. The molecular weight excluding hydrogens is 226 g/mol. The van der Waals surface area contributed by atoms with Gasteiger partial charge in [0.2, 0.25) is 6.54 Å². The highest BCUT2D eigenvalue weighted by atomic mass is 16.6. The molecular formula is C11H13NO5. The molecule has 0 bridgehead atoms. The minimum Gasteiger partial charge on any atom is -0.497 e. The van der Waals surface area contributed by atoms with Gasteiger partial charge < -0.3 is 9.84 Å². The lowest BCUT2D eigenvalue weighted by Crippen LogP contribution is -2.16. The minimum atomic E-state index is -1.06. The third-order valence-corrected chi connectivity index (χ3v) is 2.36. The van der Waals surface area contributed by atoms with E-state index in [9.17, 15) is 14.9 Å². The largest absolute Gasteiger partial charge is 0.497 e. The Labute approximate surface area is 98.0 Å². The summed E-state index contributed by atoms with van der Waals surface area (Å²) in [4.78, 5) is 20.7. The van der Waals surface area contributed by atoms with E-state index in [4.69, 9.17) is 9.84 Å². The van der Waals surface area contributed by atoms with Gasteiger partial charge in [0.25, 0.3) is 0 Å². The smallest absolute Gasteiger partial charge is 0.304 e. The van der Waals surface area contributed by atoms with E-state index >= 15 is 0 Å². The van der Waals surface area contributed by atoms with Crippen LogP contribution in [0.2, 0.25) is 0 Å². The maximum Gasteiger partial charge on any atom is 0.304 e. The third-order valence-electron chi connectivity index (χ3n) is 2.36. The number of aliphatic carboxylic acids is 1. The highest BCUT2D eigenvalue weighted by molar-refractivity contribution is 5.68. The van der Waals surface area contributed by atoms with E-state index in [2.05, 4.69) is 0 Å². The van der Waals surface area contributed by atoms with Crippen LogP contribution >= 0.6 is 0 Å². The maximum absolute atomic E-state index is 10.7. The van der Waals surface area contributed by atoms with Gasteiger partial charge in [-0.3, -0.25) is 14.9 Å². The lowest BCUT2D eigenvalue weighted by molar-refractivity contribution is -0.483. The van der Waals surface area contributed by atoms with Crippen molar-refractivity contribution in [3.63, 3.8) is 0 Å². The molecule has 0 saturated heterocycles. The average Bonchev–Trinajstić information content (AvgIpc) is 2.27. The normalized spacial score (nSPS) is 11.8. The number of nitrogens with zero attached hydrogens (tertiary/aromatic N) is 1. The number of ether oxygens (including phenoxy) is 1. The van der Waals surface area contributed by atoms with Crippen LogP contribution in [0.15, 0.2) is 24.3 Å². The molecule has 1 N–H and O–H groups in total. The Morgan fingerprint density at radius 1 is 1.59 bits per heavy atom. The molecule has 0 radical (unpaired) electrons. The summed E-state index contributed by atoms with van der Waals surface area (Å²) in [6.45, 7) is -0.403. The molecule has 0 fully saturated rings. The number of benzene rings is 1. The number of methoxy groups -OCH3 is 1. The molecule has 0 spiro atoms. The van der Waals surface area contributed by atoms with Crippen LogP contribution in [0, 0.1) is 10.1 Å². The molecule has 0 heterocycles. The van der Waals surface area contributed by atoms with Gasteiger partial charge in [0.1, 0.15) is 5.75 Å². The fraction of sp³-hybridized carbons (Fsp3) is 0.364. The standard InChI is InChI=1S/C11H13NO5/c1-17-10-4-2-3-8(5-10)9(6-11(13)14)7-12(15)16/h2-5,9H,6-7H2,1H3,(H,13,14)/t9-/m1/s1. The topological polar surface area (TPSA) is 89.7 Å². The SMILES string of the molecule is COc1cccc([C@H](CC(=O)O)C[N+](=O)[O-])c1. The van der Waals surface area contributed by atoms with E-state index in [-0.39, 0.29) is 6.42 Å². The van der Waals surface area contributed by atoms with Crippen molar-refractivity contribution in [2.24, 2.45) is 0 Å². The number of hydrogen-bond donors (Lipinski definition) is 1. The Kier molecular flexibility index (Phi) is 4.45. The molecule has 1 rings (SSSR count). The first-order chi connectivity index (χ1) is 8.02. The molecule has 1 aromatic carbocycles. The van der Waals surface area contributed by atoms with Crippen LogP contribution in [0.3, 0.4) is 0 Å². The van der Waals surface area contributed by atoms with E-state index in [1.54, 1.807) is 24.3 Å². The average molecular weight is 239 g/mol. The summed E-state index contributed by atoms with van der Waals surface area (Å²) in [6.07, 6.45) is -0.270. The molecule has 0 aliphatic carbocycles. The number of hydrogen-bond acceptors (Lipinski definition) is 4. The predicted molar refractivity (Wildman–Crippen MR) is 59.8 cm³/mol. The molecule has 0 aliphatic rings. The summed E-state index contributed by atoms with van der Waals surface area (Å²) in [6, 6.07) is 6.67. The molecule has 1 aromatic rings.